The minimum Gasteiger partial charge on any atom is -0.376 e. The molecule has 2 atom stereocenters. The highest BCUT2D eigenvalue weighted by atomic mass is 16.5. The molecule has 1 aromatic rings. The molecule has 1 aliphatic rings. The van der Waals surface area contributed by atoms with Gasteiger partial charge in [0, 0.05) is 18.4 Å². The van der Waals surface area contributed by atoms with Crippen LogP contribution in [0.25, 0.3) is 0 Å². The smallest absolute Gasteiger partial charge is 0.129 e. The van der Waals surface area contributed by atoms with Crippen molar-refractivity contribution < 1.29 is 4.74 Å². The van der Waals surface area contributed by atoms with E-state index >= 15 is 0 Å². The predicted molar refractivity (Wildman–Crippen MR) is 54.2 cm³/mol. The zero-order chi connectivity index (χ0) is 9.97. The van der Waals surface area contributed by atoms with Gasteiger partial charge in [0.15, 0.2) is 0 Å². The van der Waals surface area contributed by atoms with E-state index in [1.807, 2.05) is 13.0 Å². The van der Waals surface area contributed by atoms with Crippen molar-refractivity contribution in [3.8, 4) is 0 Å². The Morgan fingerprint density at radius 3 is 3.00 bits per heavy atom. The third kappa shape index (κ3) is 2.01. The average Bonchev–Trinajstić information content (AvgIpc) is 2.52. The highest BCUT2D eigenvalue weighted by Crippen LogP contribution is 2.17. The van der Waals surface area contributed by atoms with Crippen molar-refractivity contribution >= 4 is 5.82 Å². The third-order valence-corrected chi connectivity index (χ3v) is 2.51. The Morgan fingerprint density at radius 1 is 1.50 bits per heavy atom. The molecule has 2 rings (SSSR count). The molecule has 0 aliphatic carbocycles. The number of anilines is 1. The van der Waals surface area contributed by atoms with Gasteiger partial charge in [-0.3, -0.25) is 0 Å². The molecular weight excluding hydrogens is 178 g/mol. The second kappa shape index (κ2) is 3.92. The second-order valence-electron chi connectivity index (χ2n) is 3.66. The fourth-order valence-corrected chi connectivity index (χ4v) is 1.64. The topological polar surface area (TPSA) is 47.0 Å². The van der Waals surface area contributed by atoms with Crippen LogP contribution in [0.2, 0.25) is 0 Å². The summed E-state index contributed by atoms with van der Waals surface area (Å²) in [6.45, 7) is 4.88. The molecule has 1 saturated heterocycles. The summed E-state index contributed by atoms with van der Waals surface area (Å²) >= 11 is 0. The van der Waals surface area contributed by atoms with Crippen molar-refractivity contribution in [2.24, 2.45) is 0 Å². The monoisotopic (exact) mass is 193 g/mol. The average molecular weight is 193 g/mol. The molecule has 0 spiro atoms. The molecule has 1 aromatic heterocycles. The summed E-state index contributed by atoms with van der Waals surface area (Å²) in [5, 5.41) is 3.36. The Hall–Kier alpha value is -1.16. The Bertz CT molecular complexity index is 316. The molecule has 0 aromatic carbocycles. The Morgan fingerprint density at radius 2 is 2.36 bits per heavy atom. The number of hydrogen-bond acceptors (Lipinski definition) is 4. The molecule has 1 fully saturated rings. The quantitative estimate of drug-likeness (QED) is 0.770. The first-order chi connectivity index (χ1) is 6.75. The Labute approximate surface area is 83.7 Å². The van der Waals surface area contributed by atoms with Crippen LogP contribution in [0.1, 0.15) is 19.0 Å². The van der Waals surface area contributed by atoms with Gasteiger partial charge in [-0.1, -0.05) is 0 Å². The van der Waals surface area contributed by atoms with Gasteiger partial charge in [0.05, 0.1) is 12.1 Å². The van der Waals surface area contributed by atoms with Crippen molar-refractivity contribution in [1.29, 1.82) is 0 Å². The zero-order valence-electron chi connectivity index (χ0n) is 8.53. The summed E-state index contributed by atoms with van der Waals surface area (Å²) in [6, 6.07) is 2.33. The van der Waals surface area contributed by atoms with E-state index in [9.17, 15) is 0 Å². The highest BCUT2D eigenvalue weighted by Gasteiger charge is 2.23. The molecule has 0 saturated carbocycles. The first-order valence-electron chi connectivity index (χ1n) is 4.92. The molecule has 0 bridgehead atoms. The summed E-state index contributed by atoms with van der Waals surface area (Å²) in [4.78, 5) is 8.21. The molecule has 14 heavy (non-hydrogen) atoms. The van der Waals surface area contributed by atoms with Crippen molar-refractivity contribution in [2.45, 2.75) is 32.4 Å². The second-order valence-corrected chi connectivity index (χ2v) is 3.66. The number of ether oxygens (including phenoxy) is 1. The number of nitrogens with zero attached hydrogens (tertiary/aromatic N) is 2. The largest absolute Gasteiger partial charge is 0.376 e. The van der Waals surface area contributed by atoms with Crippen LogP contribution in [0.15, 0.2) is 12.4 Å². The molecule has 2 heterocycles. The maximum Gasteiger partial charge on any atom is 0.129 e. The molecule has 1 aliphatic heterocycles. The fraction of sp³-hybridized carbons (Fsp3) is 0.600. The van der Waals surface area contributed by atoms with Gasteiger partial charge in [-0.05, 0) is 20.3 Å². The van der Waals surface area contributed by atoms with Gasteiger partial charge >= 0.3 is 0 Å². The first kappa shape index (κ1) is 9.40. The maximum atomic E-state index is 5.46. The van der Waals surface area contributed by atoms with Crippen LogP contribution in [-0.2, 0) is 4.74 Å². The van der Waals surface area contributed by atoms with Crippen LogP contribution in [-0.4, -0.2) is 28.7 Å². The van der Waals surface area contributed by atoms with Crippen LogP contribution in [0.3, 0.4) is 0 Å². The normalized spacial score (nSPS) is 26.4. The van der Waals surface area contributed by atoms with Gasteiger partial charge in [-0.25, -0.2) is 9.97 Å². The SMILES string of the molecule is Cc1cc(N[C@@H]2CCO[C@@H]2C)ncn1. The van der Waals surface area contributed by atoms with Crippen LogP contribution in [0.4, 0.5) is 5.82 Å². The summed E-state index contributed by atoms with van der Waals surface area (Å²) in [7, 11) is 0. The number of rotatable bonds is 2. The molecule has 76 valence electrons. The lowest BCUT2D eigenvalue weighted by molar-refractivity contribution is 0.121. The first-order valence-corrected chi connectivity index (χ1v) is 4.92. The number of aryl methyl sites for hydroxylation is 1. The zero-order valence-corrected chi connectivity index (χ0v) is 8.53. The van der Waals surface area contributed by atoms with Crippen molar-refractivity contribution in [1.82, 2.24) is 9.97 Å². The molecule has 0 unspecified atom stereocenters. The van der Waals surface area contributed by atoms with Crippen LogP contribution < -0.4 is 5.32 Å². The predicted octanol–water partition coefficient (Wildman–Crippen LogP) is 1.37. The molecule has 4 heteroatoms. The summed E-state index contributed by atoms with van der Waals surface area (Å²) < 4.78 is 5.46. The van der Waals surface area contributed by atoms with Crippen molar-refractivity contribution in [3.63, 3.8) is 0 Å². The Kier molecular flexibility index (Phi) is 2.63. The summed E-state index contributed by atoms with van der Waals surface area (Å²) in [5.41, 5.74) is 0.981. The number of aromatic nitrogens is 2. The molecule has 0 amide bonds. The number of nitrogens with one attached hydrogen (secondary N) is 1. The summed E-state index contributed by atoms with van der Waals surface area (Å²) in [6.07, 6.45) is 2.90. The highest BCUT2D eigenvalue weighted by molar-refractivity contribution is 5.36. The van der Waals surface area contributed by atoms with E-state index in [-0.39, 0.29) is 6.10 Å². The van der Waals surface area contributed by atoms with Crippen LogP contribution in [0.5, 0.6) is 0 Å². The van der Waals surface area contributed by atoms with E-state index in [1.54, 1.807) is 6.33 Å². The van der Waals surface area contributed by atoms with Crippen LogP contribution in [0, 0.1) is 6.92 Å². The van der Waals surface area contributed by atoms with Crippen molar-refractivity contribution in [3.05, 3.63) is 18.1 Å². The molecule has 1 N–H and O–H groups in total. The standard InChI is InChI=1S/C10H15N3O/c1-7-5-10(12-6-11-7)13-9-3-4-14-8(9)2/h5-6,8-9H,3-4H2,1-2H3,(H,11,12,13)/t8-,9-/m1/s1. The van der Waals surface area contributed by atoms with Gasteiger partial charge in [-0.2, -0.15) is 0 Å². The molecule has 0 radical (unpaired) electrons. The van der Waals surface area contributed by atoms with E-state index in [4.69, 9.17) is 4.74 Å². The van der Waals surface area contributed by atoms with Gasteiger partial charge in [0.25, 0.3) is 0 Å². The van der Waals surface area contributed by atoms with Gasteiger partial charge in [0.2, 0.25) is 0 Å². The lowest BCUT2D eigenvalue weighted by Crippen LogP contribution is -2.27. The molecule has 4 nitrogen and oxygen atoms in total. The number of hydrogen-bond donors (Lipinski definition) is 1. The molecular formula is C10H15N3O. The van der Waals surface area contributed by atoms with Gasteiger partial charge in [0.1, 0.15) is 12.1 Å². The van der Waals surface area contributed by atoms with E-state index in [1.165, 1.54) is 0 Å². The Balaban J connectivity index is 2.03. The fourth-order valence-electron chi connectivity index (χ4n) is 1.64. The maximum absolute atomic E-state index is 5.46. The lowest BCUT2D eigenvalue weighted by Gasteiger charge is -2.16. The van der Waals surface area contributed by atoms with Gasteiger partial charge < -0.3 is 10.1 Å². The van der Waals surface area contributed by atoms with Gasteiger partial charge in [-0.15, -0.1) is 0 Å². The third-order valence-electron chi connectivity index (χ3n) is 2.51. The minimum atomic E-state index is 0.269. The van der Waals surface area contributed by atoms with Crippen LogP contribution >= 0.6 is 0 Å². The van der Waals surface area contributed by atoms with E-state index in [0.29, 0.717) is 6.04 Å². The van der Waals surface area contributed by atoms with E-state index < -0.39 is 0 Å². The minimum absolute atomic E-state index is 0.269. The van der Waals surface area contributed by atoms with E-state index in [2.05, 4.69) is 22.2 Å². The summed E-state index contributed by atoms with van der Waals surface area (Å²) in [5.74, 6) is 0.889. The van der Waals surface area contributed by atoms with E-state index in [0.717, 1.165) is 24.5 Å². The lowest BCUT2D eigenvalue weighted by atomic mass is 10.1. The van der Waals surface area contributed by atoms with Crippen molar-refractivity contribution in [2.75, 3.05) is 11.9 Å².